The molecule has 134 valence electrons. The average molecular weight is 343 g/mol. The van der Waals surface area contributed by atoms with Crippen molar-refractivity contribution in [2.24, 2.45) is 5.92 Å². The average Bonchev–Trinajstić information content (AvgIpc) is 3.03. The summed E-state index contributed by atoms with van der Waals surface area (Å²) in [4.78, 5) is 14.4. The van der Waals surface area contributed by atoms with Crippen LogP contribution in [0.5, 0.6) is 0 Å². The highest BCUT2D eigenvalue weighted by atomic mass is 16.5. The summed E-state index contributed by atoms with van der Waals surface area (Å²) < 4.78 is 9.27. The second-order valence-corrected chi connectivity index (χ2v) is 7.11. The number of likely N-dealkylation sites (tertiary alicyclic amines) is 1. The summed E-state index contributed by atoms with van der Waals surface area (Å²) in [6, 6.07) is 3.39. The second kappa shape index (κ2) is 7.09. The molecule has 0 saturated carbocycles. The van der Waals surface area contributed by atoms with E-state index in [1.807, 2.05) is 13.1 Å². The summed E-state index contributed by atoms with van der Waals surface area (Å²) in [5, 5.41) is 8.84. The molecular formula is C18H25N5O2. The molecule has 0 spiro atoms. The Kier molecular flexibility index (Phi) is 4.67. The molecule has 25 heavy (non-hydrogen) atoms. The Bertz CT molecular complexity index is 789. The number of ether oxygens (including phenoxy) is 1. The van der Waals surface area contributed by atoms with Gasteiger partial charge in [0.25, 0.3) is 5.56 Å². The molecular weight excluding hydrogens is 318 g/mol. The molecule has 1 saturated heterocycles. The van der Waals surface area contributed by atoms with E-state index < -0.39 is 0 Å². The summed E-state index contributed by atoms with van der Waals surface area (Å²) in [5.74, 6) is 0.521. The standard InChI is InChI=1S/C18H25N5O2/c1-14-2-3-18(24)23(20-14)11-15-4-6-21(7-5-15)12-16-10-19-22-8-9-25-13-17(16)22/h2-3,10,15H,4-9,11-13H2,1H3. The number of nitrogens with zero attached hydrogens (tertiary/aromatic N) is 5. The van der Waals surface area contributed by atoms with Crippen molar-refractivity contribution in [1.82, 2.24) is 24.5 Å². The molecule has 7 nitrogen and oxygen atoms in total. The topological polar surface area (TPSA) is 65.2 Å². The Morgan fingerprint density at radius 3 is 2.92 bits per heavy atom. The summed E-state index contributed by atoms with van der Waals surface area (Å²) in [6.07, 6.45) is 4.19. The van der Waals surface area contributed by atoms with Crippen molar-refractivity contribution in [2.45, 2.75) is 46.0 Å². The first-order chi connectivity index (χ1) is 12.2. The molecule has 4 heterocycles. The minimum atomic E-state index is -0.000424. The molecule has 2 aromatic heterocycles. The minimum absolute atomic E-state index is 0.000424. The van der Waals surface area contributed by atoms with E-state index in [4.69, 9.17) is 4.74 Å². The van der Waals surface area contributed by atoms with Crippen LogP contribution >= 0.6 is 0 Å². The molecule has 0 amide bonds. The normalized spacial score (nSPS) is 19.1. The van der Waals surface area contributed by atoms with Gasteiger partial charge in [-0.05, 0) is 44.8 Å². The van der Waals surface area contributed by atoms with Crippen molar-refractivity contribution in [3.8, 4) is 0 Å². The van der Waals surface area contributed by atoms with Crippen LogP contribution in [-0.2, 0) is 31.0 Å². The predicted octanol–water partition coefficient (Wildman–Crippen LogP) is 1.19. The molecule has 2 aliphatic rings. The first-order valence-electron chi connectivity index (χ1n) is 9.07. The highest BCUT2D eigenvalue weighted by molar-refractivity contribution is 5.18. The number of hydrogen-bond acceptors (Lipinski definition) is 5. The highest BCUT2D eigenvalue weighted by Crippen LogP contribution is 2.22. The first-order valence-corrected chi connectivity index (χ1v) is 9.07. The number of piperidine rings is 1. The lowest BCUT2D eigenvalue weighted by atomic mass is 9.96. The van der Waals surface area contributed by atoms with E-state index in [-0.39, 0.29) is 5.56 Å². The molecule has 4 rings (SSSR count). The van der Waals surface area contributed by atoms with Gasteiger partial charge >= 0.3 is 0 Å². The van der Waals surface area contributed by atoms with Gasteiger partial charge in [0.05, 0.1) is 37.3 Å². The summed E-state index contributed by atoms with van der Waals surface area (Å²) in [6.45, 7) is 7.98. The number of aromatic nitrogens is 4. The van der Waals surface area contributed by atoms with Gasteiger partial charge in [0, 0.05) is 24.7 Å². The van der Waals surface area contributed by atoms with Crippen molar-refractivity contribution >= 4 is 0 Å². The number of rotatable bonds is 4. The van der Waals surface area contributed by atoms with Gasteiger partial charge < -0.3 is 4.74 Å². The fourth-order valence-electron chi connectivity index (χ4n) is 3.76. The number of hydrogen-bond donors (Lipinski definition) is 0. The third kappa shape index (κ3) is 3.67. The van der Waals surface area contributed by atoms with Crippen molar-refractivity contribution in [1.29, 1.82) is 0 Å². The summed E-state index contributed by atoms with van der Waals surface area (Å²) >= 11 is 0. The van der Waals surface area contributed by atoms with Gasteiger partial charge in [0.15, 0.2) is 0 Å². The lowest BCUT2D eigenvalue weighted by Crippen LogP contribution is -2.36. The molecule has 2 aliphatic heterocycles. The van der Waals surface area contributed by atoms with Crippen LogP contribution in [0.25, 0.3) is 0 Å². The maximum absolute atomic E-state index is 11.9. The largest absolute Gasteiger partial charge is 0.373 e. The molecule has 0 unspecified atom stereocenters. The molecule has 0 radical (unpaired) electrons. The molecule has 0 atom stereocenters. The van der Waals surface area contributed by atoms with Crippen molar-refractivity contribution in [2.75, 3.05) is 19.7 Å². The Morgan fingerprint density at radius 2 is 2.08 bits per heavy atom. The van der Waals surface area contributed by atoms with Gasteiger partial charge in [0.1, 0.15) is 0 Å². The SMILES string of the molecule is Cc1ccc(=O)n(CC2CCN(Cc3cnn4c3COCC4)CC2)n1. The van der Waals surface area contributed by atoms with Gasteiger partial charge in [-0.3, -0.25) is 14.4 Å². The quantitative estimate of drug-likeness (QED) is 0.834. The lowest BCUT2D eigenvalue weighted by Gasteiger charge is -2.32. The van der Waals surface area contributed by atoms with E-state index >= 15 is 0 Å². The lowest BCUT2D eigenvalue weighted by molar-refractivity contribution is 0.0782. The molecule has 7 heteroatoms. The zero-order valence-corrected chi connectivity index (χ0v) is 14.7. The maximum Gasteiger partial charge on any atom is 0.266 e. The fourth-order valence-corrected chi connectivity index (χ4v) is 3.76. The Hall–Kier alpha value is -1.99. The Balaban J connectivity index is 1.33. The van der Waals surface area contributed by atoms with Gasteiger partial charge in [-0.2, -0.15) is 10.2 Å². The van der Waals surface area contributed by atoms with E-state index in [0.29, 0.717) is 12.5 Å². The van der Waals surface area contributed by atoms with Gasteiger partial charge in [-0.25, -0.2) is 4.68 Å². The van der Waals surface area contributed by atoms with E-state index in [1.54, 1.807) is 16.8 Å². The van der Waals surface area contributed by atoms with E-state index in [9.17, 15) is 4.79 Å². The molecule has 2 aromatic rings. The first kappa shape index (κ1) is 16.5. The number of fused-ring (bicyclic) bond motifs is 1. The number of aryl methyl sites for hydroxylation is 1. The van der Waals surface area contributed by atoms with E-state index in [1.165, 1.54) is 11.3 Å². The van der Waals surface area contributed by atoms with Crippen LogP contribution in [0.3, 0.4) is 0 Å². The summed E-state index contributed by atoms with van der Waals surface area (Å²) in [7, 11) is 0. The van der Waals surface area contributed by atoms with Crippen LogP contribution in [0, 0.1) is 12.8 Å². The zero-order chi connectivity index (χ0) is 17.2. The highest BCUT2D eigenvalue weighted by Gasteiger charge is 2.23. The van der Waals surface area contributed by atoms with Crippen LogP contribution in [0.4, 0.5) is 0 Å². The van der Waals surface area contributed by atoms with Crippen molar-refractivity contribution < 1.29 is 4.74 Å². The maximum atomic E-state index is 11.9. The third-order valence-corrected chi connectivity index (χ3v) is 5.25. The van der Waals surface area contributed by atoms with Crippen LogP contribution in [0.15, 0.2) is 23.1 Å². The van der Waals surface area contributed by atoms with Crippen LogP contribution in [-0.4, -0.2) is 44.2 Å². The molecule has 0 bridgehead atoms. The van der Waals surface area contributed by atoms with Gasteiger partial charge in [0.2, 0.25) is 0 Å². The smallest absolute Gasteiger partial charge is 0.266 e. The van der Waals surface area contributed by atoms with Crippen molar-refractivity contribution in [3.63, 3.8) is 0 Å². The van der Waals surface area contributed by atoms with Gasteiger partial charge in [-0.15, -0.1) is 0 Å². The fraction of sp³-hybridized carbons (Fsp3) is 0.611. The molecule has 1 fully saturated rings. The van der Waals surface area contributed by atoms with E-state index in [0.717, 1.165) is 57.9 Å². The Morgan fingerprint density at radius 1 is 1.24 bits per heavy atom. The van der Waals surface area contributed by atoms with Crippen LogP contribution < -0.4 is 5.56 Å². The molecule has 0 aliphatic carbocycles. The third-order valence-electron chi connectivity index (χ3n) is 5.25. The second-order valence-electron chi connectivity index (χ2n) is 7.11. The van der Waals surface area contributed by atoms with Crippen molar-refractivity contribution in [3.05, 3.63) is 45.6 Å². The predicted molar refractivity (Wildman–Crippen MR) is 93.1 cm³/mol. The zero-order valence-electron chi connectivity index (χ0n) is 14.7. The Labute approximate surface area is 147 Å². The van der Waals surface area contributed by atoms with Crippen LogP contribution in [0.1, 0.15) is 29.8 Å². The monoisotopic (exact) mass is 343 g/mol. The van der Waals surface area contributed by atoms with Crippen LogP contribution in [0.2, 0.25) is 0 Å². The molecule has 0 aromatic carbocycles. The summed E-state index contributed by atoms with van der Waals surface area (Å²) in [5.41, 5.74) is 3.41. The molecule has 0 N–H and O–H groups in total. The van der Waals surface area contributed by atoms with E-state index in [2.05, 4.69) is 19.8 Å². The minimum Gasteiger partial charge on any atom is -0.373 e. The van der Waals surface area contributed by atoms with Gasteiger partial charge in [-0.1, -0.05) is 0 Å².